The summed E-state index contributed by atoms with van der Waals surface area (Å²) in [6.07, 6.45) is 3.65. The minimum absolute atomic E-state index is 0.163. The van der Waals surface area contributed by atoms with Gasteiger partial charge in [-0.15, -0.1) is 0 Å². The number of hydrogen-bond donors (Lipinski definition) is 1. The number of carbonyl (C=O) groups is 1. The van der Waals surface area contributed by atoms with Crippen molar-refractivity contribution in [3.63, 3.8) is 0 Å². The molecule has 5 rings (SSSR count). The number of aryl methyl sites for hydroxylation is 2. The molecule has 1 aromatic heterocycles. The Morgan fingerprint density at radius 2 is 1.77 bits per heavy atom. The number of aromatic nitrogens is 1. The second-order valence-corrected chi connectivity index (χ2v) is 7.73. The first-order valence-electron chi connectivity index (χ1n) is 10.4. The third-order valence-electron chi connectivity index (χ3n) is 5.63. The Kier molecular flexibility index (Phi) is 5.00. The number of anilines is 1. The highest BCUT2D eigenvalue weighted by molar-refractivity contribution is 6.06. The zero-order chi connectivity index (χ0) is 21.2. The SMILES string of the molecule is O=C(Nc1ccc(OCc2ccccc2)cc1)c1cn2c3c(cccc3c1=O)CCC2. The number of para-hydroxylation sites is 1. The number of hydrogen-bond acceptors (Lipinski definition) is 3. The Bertz CT molecular complexity index is 1310. The maximum atomic E-state index is 13.0. The molecule has 154 valence electrons. The van der Waals surface area contributed by atoms with Gasteiger partial charge in [-0.3, -0.25) is 9.59 Å². The van der Waals surface area contributed by atoms with Gasteiger partial charge in [-0.1, -0.05) is 42.5 Å². The van der Waals surface area contributed by atoms with E-state index < -0.39 is 5.91 Å². The lowest BCUT2D eigenvalue weighted by Gasteiger charge is -2.20. The maximum absolute atomic E-state index is 13.0. The van der Waals surface area contributed by atoms with Crippen LogP contribution >= 0.6 is 0 Å². The lowest BCUT2D eigenvalue weighted by atomic mass is 10.00. The van der Waals surface area contributed by atoms with Crippen molar-refractivity contribution in [2.24, 2.45) is 0 Å². The average Bonchev–Trinajstić information content (AvgIpc) is 2.81. The van der Waals surface area contributed by atoms with Gasteiger partial charge in [0.05, 0.1) is 5.52 Å². The maximum Gasteiger partial charge on any atom is 0.261 e. The summed E-state index contributed by atoms with van der Waals surface area (Å²) in [4.78, 5) is 25.9. The summed E-state index contributed by atoms with van der Waals surface area (Å²) in [6, 6.07) is 22.9. The molecule has 4 aromatic rings. The molecule has 0 atom stereocenters. The zero-order valence-electron chi connectivity index (χ0n) is 17.0. The van der Waals surface area contributed by atoms with Gasteiger partial charge in [-0.25, -0.2) is 0 Å². The predicted molar refractivity (Wildman–Crippen MR) is 122 cm³/mol. The monoisotopic (exact) mass is 410 g/mol. The number of amides is 1. The topological polar surface area (TPSA) is 60.3 Å². The highest BCUT2D eigenvalue weighted by Crippen LogP contribution is 2.24. The number of rotatable bonds is 5. The van der Waals surface area contributed by atoms with Gasteiger partial charge in [0, 0.05) is 23.8 Å². The van der Waals surface area contributed by atoms with Crippen molar-refractivity contribution in [3.05, 3.63) is 106 Å². The fraction of sp³-hybridized carbons (Fsp3) is 0.154. The van der Waals surface area contributed by atoms with Gasteiger partial charge >= 0.3 is 0 Å². The summed E-state index contributed by atoms with van der Waals surface area (Å²) < 4.78 is 7.82. The number of benzene rings is 3. The molecule has 5 nitrogen and oxygen atoms in total. The second kappa shape index (κ2) is 8.11. The van der Waals surface area contributed by atoms with Gasteiger partial charge in [0.25, 0.3) is 5.91 Å². The van der Waals surface area contributed by atoms with E-state index in [1.807, 2.05) is 53.1 Å². The van der Waals surface area contributed by atoms with E-state index in [1.54, 1.807) is 24.4 Å². The Morgan fingerprint density at radius 3 is 2.58 bits per heavy atom. The van der Waals surface area contributed by atoms with Crippen molar-refractivity contribution in [3.8, 4) is 5.75 Å². The largest absolute Gasteiger partial charge is 0.489 e. The van der Waals surface area contributed by atoms with Gasteiger partial charge in [-0.2, -0.15) is 0 Å². The first-order valence-corrected chi connectivity index (χ1v) is 10.4. The quantitative estimate of drug-likeness (QED) is 0.515. The van der Waals surface area contributed by atoms with Crippen LogP contribution in [0.2, 0.25) is 0 Å². The molecule has 0 radical (unpaired) electrons. The fourth-order valence-electron chi connectivity index (χ4n) is 4.09. The first-order chi connectivity index (χ1) is 15.2. The van der Waals surface area contributed by atoms with Crippen molar-refractivity contribution in [1.29, 1.82) is 0 Å². The predicted octanol–water partition coefficient (Wildman–Crippen LogP) is 4.78. The first kappa shape index (κ1) is 19.1. The van der Waals surface area contributed by atoms with E-state index in [0.717, 1.165) is 30.5 Å². The molecule has 31 heavy (non-hydrogen) atoms. The highest BCUT2D eigenvalue weighted by Gasteiger charge is 2.19. The summed E-state index contributed by atoms with van der Waals surface area (Å²) in [5.74, 6) is 0.314. The molecule has 1 aliphatic rings. The summed E-state index contributed by atoms with van der Waals surface area (Å²) >= 11 is 0. The molecule has 0 unspecified atom stereocenters. The lowest BCUT2D eigenvalue weighted by molar-refractivity contribution is 0.102. The molecule has 0 bridgehead atoms. The number of nitrogens with zero attached hydrogens (tertiary/aromatic N) is 1. The molecule has 0 spiro atoms. The van der Waals surface area contributed by atoms with Crippen LogP contribution in [0.25, 0.3) is 10.9 Å². The number of ether oxygens (including phenoxy) is 1. The molecule has 1 aliphatic heterocycles. The van der Waals surface area contributed by atoms with Crippen LogP contribution in [-0.2, 0) is 19.6 Å². The molecule has 0 saturated carbocycles. The van der Waals surface area contributed by atoms with E-state index in [4.69, 9.17) is 4.74 Å². The van der Waals surface area contributed by atoms with Crippen molar-refractivity contribution in [2.75, 3.05) is 5.32 Å². The van der Waals surface area contributed by atoms with E-state index in [9.17, 15) is 9.59 Å². The van der Waals surface area contributed by atoms with E-state index in [1.165, 1.54) is 5.56 Å². The van der Waals surface area contributed by atoms with Crippen molar-refractivity contribution in [2.45, 2.75) is 26.0 Å². The molecular formula is C26H22N2O3. The Hall–Kier alpha value is -3.86. The van der Waals surface area contributed by atoms with Crippen LogP contribution in [0.5, 0.6) is 5.75 Å². The van der Waals surface area contributed by atoms with Crippen LogP contribution < -0.4 is 15.5 Å². The highest BCUT2D eigenvalue weighted by atomic mass is 16.5. The van der Waals surface area contributed by atoms with Crippen molar-refractivity contribution in [1.82, 2.24) is 4.57 Å². The normalized spacial score (nSPS) is 12.5. The lowest BCUT2D eigenvalue weighted by Crippen LogP contribution is -2.25. The van der Waals surface area contributed by atoms with Crippen LogP contribution in [0.1, 0.15) is 27.9 Å². The molecular weight excluding hydrogens is 388 g/mol. The third-order valence-corrected chi connectivity index (χ3v) is 5.63. The van der Waals surface area contributed by atoms with Gasteiger partial charge in [0.2, 0.25) is 5.43 Å². The smallest absolute Gasteiger partial charge is 0.261 e. The third kappa shape index (κ3) is 3.82. The average molecular weight is 410 g/mol. The molecule has 0 aliphatic carbocycles. The van der Waals surface area contributed by atoms with Gasteiger partial charge < -0.3 is 14.6 Å². The van der Waals surface area contributed by atoms with Crippen LogP contribution in [0, 0.1) is 0 Å². The number of nitrogens with one attached hydrogen (secondary N) is 1. The second-order valence-electron chi connectivity index (χ2n) is 7.73. The summed E-state index contributed by atoms with van der Waals surface area (Å²) in [5, 5.41) is 3.45. The molecule has 3 aromatic carbocycles. The van der Waals surface area contributed by atoms with Crippen LogP contribution in [0.3, 0.4) is 0 Å². The Labute approximate surface area is 179 Å². The van der Waals surface area contributed by atoms with Crippen molar-refractivity contribution >= 4 is 22.5 Å². The van der Waals surface area contributed by atoms with Crippen LogP contribution in [-0.4, -0.2) is 10.5 Å². The molecule has 1 amide bonds. The minimum Gasteiger partial charge on any atom is -0.489 e. The number of carbonyl (C=O) groups excluding carboxylic acids is 1. The molecule has 1 N–H and O–H groups in total. The van der Waals surface area contributed by atoms with Gasteiger partial charge in [0.1, 0.15) is 17.9 Å². The standard InChI is InChI=1S/C26H22N2O3/c29-25-22-10-4-8-19-9-5-15-28(24(19)22)16-23(25)26(30)27-20-11-13-21(14-12-20)31-17-18-6-2-1-3-7-18/h1-4,6-8,10-14,16H,5,9,15,17H2,(H,27,30). The van der Waals surface area contributed by atoms with Crippen LogP contribution in [0.15, 0.2) is 83.8 Å². The minimum atomic E-state index is -0.399. The molecule has 0 saturated heterocycles. The van der Waals surface area contributed by atoms with Gasteiger partial charge in [0.15, 0.2) is 0 Å². The summed E-state index contributed by atoms with van der Waals surface area (Å²) in [6.45, 7) is 1.28. The Balaban J connectivity index is 1.34. The molecule has 2 heterocycles. The van der Waals surface area contributed by atoms with Gasteiger partial charge in [-0.05, 0) is 54.3 Å². The zero-order valence-corrected chi connectivity index (χ0v) is 17.0. The number of pyridine rings is 1. The fourth-order valence-corrected chi connectivity index (χ4v) is 4.09. The van der Waals surface area contributed by atoms with E-state index in [2.05, 4.69) is 11.4 Å². The molecule has 5 heteroatoms. The molecule has 0 fully saturated rings. The van der Waals surface area contributed by atoms with E-state index in [0.29, 0.717) is 23.4 Å². The Morgan fingerprint density at radius 1 is 0.968 bits per heavy atom. The van der Waals surface area contributed by atoms with Crippen molar-refractivity contribution < 1.29 is 9.53 Å². The summed E-state index contributed by atoms with van der Waals surface area (Å²) in [5.41, 5.74) is 3.76. The van der Waals surface area contributed by atoms with E-state index in [-0.39, 0.29) is 11.0 Å². The van der Waals surface area contributed by atoms with Crippen LogP contribution in [0.4, 0.5) is 5.69 Å². The summed E-state index contributed by atoms with van der Waals surface area (Å²) in [7, 11) is 0. The van der Waals surface area contributed by atoms with E-state index >= 15 is 0 Å².